The van der Waals surface area contributed by atoms with Gasteiger partial charge in [0.1, 0.15) is 5.60 Å². The third-order valence-electron chi connectivity index (χ3n) is 3.20. The molecule has 1 aliphatic rings. The first kappa shape index (κ1) is 15.6. The predicted molar refractivity (Wildman–Crippen MR) is 84.1 cm³/mol. The van der Waals surface area contributed by atoms with Crippen LogP contribution in [0.15, 0.2) is 22.7 Å². The molecule has 1 amide bonds. The third-order valence-corrected chi connectivity index (χ3v) is 4.02. The molecule has 0 bridgehead atoms. The van der Waals surface area contributed by atoms with E-state index in [1.165, 1.54) is 0 Å². The summed E-state index contributed by atoms with van der Waals surface area (Å²) in [6, 6.07) is 5.79. The van der Waals surface area contributed by atoms with Gasteiger partial charge in [-0.25, -0.2) is 4.79 Å². The number of rotatable bonds is 1. The smallest absolute Gasteiger partial charge is 0.410 e. The van der Waals surface area contributed by atoms with Crippen molar-refractivity contribution in [2.24, 2.45) is 0 Å². The molecular weight excluding hydrogens is 342 g/mol. The van der Waals surface area contributed by atoms with Crippen LogP contribution < -0.4 is 0 Å². The Labute approximate surface area is 133 Å². The van der Waals surface area contributed by atoms with E-state index < -0.39 is 5.60 Å². The zero-order valence-electron chi connectivity index (χ0n) is 12.0. The molecule has 1 saturated heterocycles. The summed E-state index contributed by atoms with van der Waals surface area (Å²) in [4.78, 5) is 14.1. The van der Waals surface area contributed by atoms with E-state index in [2.05, 4.69) is 15.9 Å². The number of likely N-dealkylation sites (tertiary alicyclic amines) is 1. The molecule has 0 aromatic heterocycles. The van der Waals surface area contributed by atoms with Gasteiger partial charge in [-0.15, -0.1) is 0 Å². The highest BCUT2D eigenvalue weighted by molar-refractivity contribution is 9.10. The Morgan fingerprint density at radius 3 is 2.75 bits per heavy atom. The molecule has 1 fully saturated rings. The molecule has 1 aromatic rings. The predicted octanol–water partition coefficient (Wildman–Crippen LogP) is 5.17. The van der Waals surface area contributed by atoms with Crippen LogP contribution in [0.1, 0.15) is 45.2 Å². The van der Waals surface area contributed by atoms with Crippen LogP contribution in [0.3, 0.4) is 0 Å². The SMILES string of the molecule is CC(C)(C)OC(=O)N1CCC[C@H]1c1ccc(Br)cc1Cl. The number of hydrogen-bond acceptors (Lipinski definition) is 2. The van der Waals surface area contributed by atoms with Crippen LogP contribution in [0.4, 0.5) is 4.79 Å². The van der Waals surface area contributed by atoms with Gasteiger partial charge in [-0.1, -0.05) is 33.6 Å². The summed E-state index contributed by atoms with van der Waals surface area (Å²) >= 11 is 9.70. The van der Waals surface area contributed by atoms with Crippen molar-refractivity contribution in [3.05, 3.63) is 33.3 Å². The fraction of sp³-hybridized carbons (Fsp3) is 0.533. The summed E-state index contributed by atoms with van der Waals surface area (Å²) in [6.07, 6.45) is 1.62. The molecule has 0 N–H and O–H groups in total. The molecule has 1 aliphatic heterocycles. The molecule has 0 unspecified atom stereocenters. The Hall–Kier alpha value is -0.740. The number of hydrogen-bond donors (Lipinski definition) is 0. The number of ether oxygens (including phenoxy) is 1. The molecule has 1 aromatic carbocycles. The second-order valence-electron chi connectivity index (χ2n) is 6.00. The van der Waals surface area contributed by atoms with Gasteiger partial charge in [0, 0.05) is 16.0 Å². The van der Waals surface area contributed by atoms with Crippen molar-refractivity contribution in [1.82, 2.24) is 4.90 Å². The number of halogens is 2. The van der Waals surface area contributed by atoms with E-state index in [0.29, 0.717) is 11.6 Å². The van der Waals surface area contributed by atoms with E-state index in [4.69, 9.17) is 16.3 Å². The monoisotopic (exact) mass is 359 g/mol. The maximum atomic E-state index is 12.3. The molecule has 2 rings (SSSR count). The van der Waals surface area contributed by atoms with E-state index in [1.54, 1.807) is 4.90 Å². The highest BCUT2D eigenvalue weighted by Crippen LogP contribution is 2.37. The Morgan fingerprint density at radius 2 is 2.15 bits per heavy atom. The van der Waals surface area contributed by atoms with E-state index in [1.807, 2.05) is 39.0 Å². The standard InChI is InChI=1S/C15H19BrClNO2/c1-15(2,3)20-14(19)18-8-4-5-13(18)11-7-6-10(16)9-12(11)17/h6-7,9,13H,4-5,8H2,1-3H3/t13-/m0/s1. The number of amides is 1. The lowest BCUT2D eigenvalue weighted by molar-refractivity contribution is 0.0224. The molecule has 0 aliphatic carbocycles. The van der Waals surface area contributed by atoms with Gasteiger partial charge in [0.25, 0.3) is 0 Å². The third kappa shape index (κ3) is 3.67. The molecule has 110 valence electrons. The number of nitrogens with zero attached hydrogens (tertiary/aromatic N) is 1. The Bertz CT molecular complexity index is 513. The quantitative estimate of drug-likeness (QED) is 0.691. The minimum Gasteiger partial charge on any atom is -0.444 e. The normalized spacial score (nSPS) is 19.2. The molecule has 3 nitrogen and oxygen atoms in total. The largest absolute Gasteiger partial charge is 0.444 e. The van der Waals surface area contributed by atoms with E-state index in [-0.39, 0.29) is 12.1 Å². The molecular formula is C15H19BrClNO2. The molecule has 0 saturated carbocycles. The zero-order valence-corrected chi connectivity index (χ0v) is 14.3. The van der Waals surface area contributed by atoms with Gasteiger partial charge in [0.15, 0.2) is 0 Å². The number of carbonyl (C=O) groups excluding carboxylic acids is 1. The van der Waals surface area contributed by atoms with Crippen LogP contribution in [0.2, 0.25) is 5.02 Å². The van der Waals surface area contributed by atoms with Crippen molar-refractivity contribution in [3.63, 3.8) is 0 Å². The maximum absolute atomic E-state index is 12.3. The Morgan fingerprint density at radius 1 is 1.45 bits per heavy atom. The fourth-order valence-corrected chi connectivity index (χ4v) is 3.20. The van der Waals surface area contributed by atoms with Gasteiger partial charge >= 0.3 is 6.09 Å². The molecule has 0 radical (unpaired) electrons. The lowest BCUT2D eigenvalue weighted by Crippen LogP contribution is -2.36. The van der Waals surface area contributed by atoms with Crippen LogP contribution in [0.25, 0.3) is 0 Å². The number of carbonyl (C=O) groups is 1. The van der Waals surface area contributed by atoms with Gasteiger partial charge in [-0.05, 0) is 51.3 Å². The minimum absolute atomic E-state index is 0.00505. The molecule has 1 heterocycles. The van der Waals surface area contributed by atoms with Crippen molar-refractivity contribution in [1.29, 1.82) is 0 Å². The summed E-state index contributed by atoms with van der Waals surface area (Å²) in [7, 11) is 0. The van der Waals surface area contributed by atoms with Crippen molar-refractivity contribution < 1.29 is 9.53 Å². The summed E-state index contributed by atoms with van der Waals surface area (Å²) in [6.45, 7) is 6.35. The summed E-state index contributed by atoms with van der Waals surface area (Å²) in [5.74, 6) is 0. The van der Waals surface area contributed by atoms with Crippen molar-refractivity contribution >= 4 is 33.6 Å². The summed E-state index contributed by atoms with van der Waals surface area (Å²) in [5.41, 5.74) is 0.506. The van der Waals surface area contributed by atoms with E-state index in [9.17, 15) is 4.79 Å². The molecule has 1 atom stereocenters. The maximum Gasteiger partial charge on any atom is 0.410 e. The highest BCUT2D eigenvalue weighted by Gasteiger charge is 2.34. The van der Waals surface area contributed by atoms with Crippen LogP contribution in [0.5, 0.6) is 0 Å². The van der Waals surface area contributed by atoms with Crippen LogP contribution >= 0.6 is 27.5 Å². The first-order valence-electron chi connectivity index (χ1n) is 6.72. The molecule has 5 heteroatoms. The first-order valence-corrected chi connectivity index (χ1v) is 7.89. The van der Waals surface area contributed by atoms with Crippen molar-refractivity contribution in [2.75, 3.05) is 6.54 Å². The second kappa shape index (κ2) is 5.94. The van der Waals surface area contributed by atoms with Crippen LogP contribution in [-0.2, 0) is 4.74 Å². The van der Waals surface area contributed by atoms with Gasteiger partial charge in [0.05, 0.1) is 6.04 Å². The molecule has 20 heavy (non-hydrogen) atoms. The highest BCUT2D eigenvalue weighted by atomic mass is 79.9. The topological polar surface area (TPSA) is 29.5 Å². The van der Waals surface area contributed by atoms with Crippen molar-refractivity contribution in [3.8, 4) is 0 Å². The average molecular weight is 361 g/mol. The van der Waals surface area contributed by atoms with Gasteiger partial charge in [-0.3, -0.25) is 0 Å². The van der Waals surface area contributed by atoms with Gasteiger partial charge in [-0.2, -0.15) is 0 Å². The van der Waals surface area contributed by atoms with E-state index >= 15 is 0 Å². The van der Waals surface area contributed by atoms with Gasteiger partial charge < -0.3 is 9.64 Å². The lowest BCUT2D eigenvalue weighted by Gasteiger charge is -2.29. The lowest BCUT2D eigenvalue weighted by atomic mass is 10.0. The minimum atomic E-state index is -0.478. The average Bonchev–Trinajstić information content (AvgIpc) is 2.75. The van der Waals surface area contributed by atoms with Crippen LogP contribution in [0, 0.1) is 0 Å². The fourth-order valence-electron chi connectivity index (χ4n) is 2.40. The summed E-state index contributed by atoms with van der Waals surface area (Å²) in [5, 5.41) is 0.680. The Balaban J connectivity index is 2.21. The second-order valence-corrected chi connectivity index (χ2v) is 7.32. The van der Waals surface area contributed by atoms with E-state index in [0.717, 1.165) is 22.9 Å². The molecule has 0 spiro atoms. The Kier molecular flexibility index (Phi) is 4.65. The van der Waals surface area contributed by atoms with Crippen LogP contribution in [-0.4, -0.2) is 23.1 Å². The van der Waals surface area contributed by atoms with Crippen molar-refractivity contribution in [2.45, 2.75) is 45.3 Å². The summed E-state index contributed by atoms with van der Waals surface area (Å²) < 4.78 is 6.41. The first-order chi connectivity index (χ1) is 9.28. The number of benzene rings is 1. The zero-order chi connectivity index (χ0) is 14.9. The van der Waals surface area contributed by atoms with Gasteiger partial charge in [0.2, 0.25) is 0 Å².